The van der Waals surface area contributed by atoms with Crippen LogP contribution in [0.15, 0.2) is 66.9 Å². The molecule has 1 amide bonds. The molecule has 2 aromatic carbocycles. The SMILES string of the molecule is O=C(CCc1ccccc1O)NCc1ccc(Oc2ccc(F)cc2)nc1. The number of aromatic hydroxyl groups is 1. The zero-order valence-corrected chi connectivity index (χ0v) is 14.6. The smallest absolute Gasteiger partial charge is 0.220 e. The summed E-state index contributed by atoms with van der Waals surface area (Å²) < 4.78 is 18.4. The average Bonchev–Trinajstić information content (AvgIpc) is 2.68. The van der Waals surface area contributed by atoms with Gasteiger partial charge in [0.15, 0.2) is 0 Å². The Hall–Kier alpha value is -3.41. The number of phenolic OH excluding ortho intramolecular Hbond substituents is 1. The Labute approximate surface area is 156 Å². The molecule has 6 heteroatoms. The molecule has 0 unspecified atom stereocenters. The van der Waals surface area contributed by atoms with Gasteiger partial charge in [0.25, 0.3) is 0 Å². The lowest BCUT2D eigenvalue weighted by molar-refractivity contribution is -0.121. The fourth-order valence-electron chi connectivity index (χ4n) is 2.46. The highest BCUT2D eigenvalue weighted by atomic mass is 19.1. The van der Waals surface area contributed by atoms with E-state index in [0.717, 1.165) is 11.1 Å². The summed E-state index contributed by atoms with van der Waals surface area (Å²) in [5.41, 5.74) is 1.58. The van der Waals surface area contributed by atoms with E-state index in [1.54, 1.807) is 36.5 Å². The first-order chi connectivity index (χ1) is 13.1. The van der Waals surface area contributed by atoms with Crippen LogP contribution in [0.3, 0.4) is 0 Å². The van der Waals surface area contributed by atoms with E-state index in [-0.39, 0.29) is 23.9 Å². The summed E-state index contributed by atoms with van der Waals surface area (Å²) >= 11 is 0. The van der Waals surface area contributed by atoms with Crippen LogP contribution in [0.2, 0.25) is 0 Å². The molecule has 0 aliphatic heterocycles. The van der Waals surface area contributed by atoms with Gasteiger partial charge in [-0.25, -0.2) is 9.37 Å². The third-order valence-corrected chi connectivity index (χ3v) is 3.94. The monoisotopic (exact) mass is 366 g/mol. The number of hydrogen-bond acceptors (Lipinski definition) is 4. The maximum atomic E-state index is 12.9. The summed E-state index contributed by atoms with van der Waals surface area (Å²) in [6, 6.07) is 16.1. The van der Waals surface area contributed by atoms with E-state index >= 15 is 0 Å². The molecule has 0 atom stereocenters. The minimum atomic E-state index is -0.330. The molecule has 0 bridgehead atoms. The van der Waals surface area contributed by atoms with Gasteiger partial charge >= 0.3 is 0 Å². The number of aryl methyl sites for hydroxylation is 1. The molecule has 0 aliphatic rings. The van der Waals surface area contributed by atoms with Gasteiger partial charge in [-0.05, 0) is 47.9 Å². The van der Waals surface area contributed by atoms with Crippen LogP contribution in [0.1, 0.15) is 17.5 Å². The number of phenols is 1. The van der Waals surface area contributed by atoms with Crippen molar-refractivity contribution in [1.29, 1.82) is 0 Å². The topological polar surface area (TPSA) is 71.5 Å². The Morgan fingerprint density at radius 2 is 1.85 bits per heavy atom. The van der Waals surface area contributed by atoms with Crippen LogP contribution in [0.5, 0.6) is 17.4 Å². The first-order valence-corrected chi connectivity index (χ1v) is 8.52. The molecule has 1 heterocycles. The van der Waals surface area contributed by atoms with Gasteiger partial charge < -0.3 is 15.2 Å². The van der Waals surface area contributed by atoms with Gasteiger partial charge in [-0.15, -0.1) is 0 Å². The highest BCUT2D eigenvalue weighted by Crippen LogP contribution is 2.20. The van der Waals surface area contributed by atoms with E-state index in [1.807, 2.05) is 6.07 Å². The Kier molecular flexibility index (Phi) is 5.99. The van der Waals surface area contributed by atoms with E-state index < -0.39 is 0 Å². The summed E-state index contributed by atoms with van der Waals surface area (Å²) in [5.74, 6) is 0.644. The van der Waals surface area contributed by atoms with Gasteiger partial charge in [0.1, 0.15) is 17.3 Å². The Bertz CT molecular complexity index is 896. The number of para-hydroxylation sites is 1. The van der Waals surface area contributed by atoms with Gasteiger partial charge in [0.05, 0.1) is 0 Å². The molecule has 3 rings (SSSR count). The average molecular weight is 366 g/mol. The van der Waals surface area contributed by atoms with E-state index in [4.69, 9.17) is 4.74 Å². The number of carbonyl (C=O) groups excluding carboxylic acids is 1. The molecule has 0 saturated carbocycles. The number of pyridine rings is 1. The molecule has 5 nitrogen and oxygen atoms in total. The molecule has 27 heavy (non-hydrogen) atoms. The quantitative estimate of drug-likeness (QED) is 0.664. The summed E-state index contributed by atoms with van der Waals surface area (Å²) in [4.78, 5) is 16.1. The number of aromatic nitrogens is 1. The molecule has 2 N–H and O–H groups in total. The fourth-order valence-corrected chi connectivity index (χ4v) is 2.46. The standard InChI is InChI=1S/C21H19FN2O3/c22-17-7-9-18(10-8-17)27-21-12-5-15(14-24-21)13-23-20(26)11-6-16-3-1-2-4-19(16)25/h1-5,7-10,12,14,25H,6,11,13H2,(H,23,26). The Morgan fingerprint density at radius 1 is 1.07 bits per heavy atom. The summed E-state index contributed by atoms with van der Waals surface area (Å²) in [5, 5.41) is 12.5. The lowest BCUT2D eigenvalue weighted by Gasteiger charge is -2.08. The van der Waals surface area contributed by atoms with Crippen LogP contribution >= 0.6 is 0 Å². The van der Waals surface area contributed by atoms with Crippen molar-refractivity contribution >= 4 is 5.91 Å². The predicted octanol–water partition coefficient (Wildman–Crippen LogP) is 3.97. The second-order valence-corrected chi connectivity index (χ2v) is 5.97. The minimum Gasteiger partial charge on any atom is -0.508 e. The number of halogens is 1. The van der Waals surface area contributed by atoms with Crippen LogP contribution in [0.25, 0.3) is 0 Å². The van der Waals surface area contributed by atoms with Gasteiger partial charge in [0, 0.05) is 25.2 Å². The fraction of sp³-hybridized carbons (Fsp3) is 0.143. The molecule has 0 radical (unpaired) electrons. The minimum absolute atomic E-state index is 0.107. The number of hydrogen-bond donors (Lipinski definition) is 2. The van der Waals surface area contributed by atoms with E-state index in [0.29, 0.717) is 24.6 Å². The highest BCUT2D eigenvalue weighted by molar-refractivity contribution is 5.76. The van der Waals surface area contributed by atoms with Crippen LogP contribution in [-0.4, -0.2) is 16.0 Å². The summed E-state index contributed by atoms with van der Waals surface area (Å²) in [6.45, 7) is 0.351. The molecular weight excluding hydrogens is 347 g/mol. The van der Waals surface area contributed by atoms with Gasteiger partial charge in [0.2, 0.25) is 11.8 Å². The lowest BCUT2D eigenvalue weighted by atomic mass is 10.1. The highest BCUT2D eigenvalue weighted by Gasteiger charge is 2.06. The Morgan fingerprint density at radius 3 is 2.56 bits per heavy atom. The summed E-state index contributed by atoms with van der Waals surface area (Å²) in [7, 11) is 0. The molecule has 0 fully saturated rings. The van der Waals surface area contributed by atoms with E-state index in [2.05, 4.69) is 10.3 Å². The van der Waals surface area contributed by atoms with Crippen LogP contribution in [-0.2, 0) is 17.8 Å². The normalized spacial score (nSPS) is 10.4. The number of nitrogens with one attached hydrogen (secondary N) is 1. The molecular formula is C21H19FN2O3. The van der Waals surface area contributed by atoms with Gasteiger partial charge in [-0.3, -0.25) is 4.79 Å². The predicted molar refractivity (Wildman–Crippen MR) is 99.0 cm³/mol. The first-order valence-electron chi connectivity index (χ1n) is 8.52. The van der Waals surface area contributed by atoms with Crippen LogP contribution in [0.4, 0.5) is 4.39 Å². The van der Waals surface area contributed by atoms with E-state index in [1.165, 1.54) is 24.3 Å². The van der Waals surface area contributed by atoms with Crippen LogP contribution < -0.4 is 10.1 Å². The van der Waals surface area contributed by atoms with Gasteiger partial charge in [-0.1, -0.05) is 24.3 Å². The van der Waals surface area contributed by atoms with Crippen molar-refractivity contribution in [1.82, 2.24) is 10.3 Å². The number of nitrogens with zero attached hydrogens (tertiary/aromatic N) is 1. The van der Waals surface area contributed by atoms with E-state index in [9.17, 15) is 14.3 Å². The van der Waals surface area contributed by atoms with Crippen molar-refractivity contribution in [3.05, 3.63) is 83.8 Å². The van der Waals surface area contributed by atoms with Crippen molar-refractivity contribution in [2.24, 2.45) is 0 Å². The number of benzene rings is 2. The summed E-state index contributed by atoms with van der Waals surface area (Å²) in [6.07, 6.45) is 2.38. The largest absolute Gasteiger partial charge is 0.508 e. The van der Waals surface area contributed by atoms with Crippen LogP contribution in [0, 0.1) is 5.82 Å². The number of ether oxygens (including phenoxy) is 1. The maximum absolute atomic E-state index is 12.9. The molecule has 0 spiro atoms. The second-order valence-electron chi connectivity index (χ2n) is 5.97. The third kappa shape index (κ3) is 5.54. The zero-order valence-electron chi connectivity index (χ0n) is 14.6. The second kappa shape index (κ2) is 8.80. The molecule has 0 saturated heterocycles. The first kappa shape index (κ1) is 18.4. The van der Waals surface area contributed by atoms with Crippen molar-refractivity contribution in [2.75, 3.05) is 0 Å². The lowest BCUT2D eigenvalue weighted by Crippen LogP contribution is -2.23. The number of carbonyl (C=O) groups is 1. The van der Waals surface area contributed by atoms with Gasteiger partial charge in [-0.2, -0.15) is 0 Å². The maximum Gasteiger partial charge on any atom is 0.220 e. The Balaban J connectivity index is 1.46. The molecule has 138 valence electrons. The van der Waals surface area contributed by atoms with Crippen molar-refractivity contribution < 1.29 is 19.0 Å². The zero-order chi connectivity index (χ0) is 19.1. The molecule has 0 aliphatic carbocycles. The van der Waals surface area contributed by atoms with Crippen molar-refractivity contribution in [2.45, 2.75) is 19.4 Å². The molecule has 1 aromatic heterocycles. The van der Waals surface area contributed by atoms with Crippen molar-refractivity contribution in [3.8, 4) is 17.4 Å². The van der Waals surface area contributed by atoms with Crippen molar-refractivity contribution in [3.63, 3.8) is 0 Å². The number of amides is 1. The third-order valence-electron chi connectivity index (χ3n) is 3.94. The number of rotatable bonds is 7. The molecule has 3 aromatic rings.